The molecule has 1 heterocycles. The van der Waals surface area contributed by atoms with Gasteiger partial charge in [-0.1, -0.05) is 18.7 Å². The molecule has 2 aromatic rings. The van der Waals surface area contributed by atoms with E-state index in [1.54, 1.807) is 0 Å². The van der Waals surface area contributed by atoms with Gasteiger partial charge < -0.3 is 5.32 Å². The lowest BCUT2D eigenvalue weighted by Gasteiger charge is -2.09. The molecule has 0 radical (unpaired) electrons. The van der Waals surface area contributed by atoms with Crippen molar-refractivity contribution in [3.8, 4) is 0 Å². The first-order valence-electron chi connectivity index (χ1n) is 7.04. The van der Waals surface area contributed by atoms with E-state index < -0.39 is 4.92 Å². The second-order valence-corrected chi connectivity index (χ2v) is 7.49. The van der Waals surface area contributed by atoms with Crippen molar-refractivity contribution < 1.29 is 9.72 Å². The van der Waals surface area contributed by atoms with Gasteiger partial charge >= 0.3 is 5.69 Å². The molecule has 0 saturated carbocycles. The van der Waals surface area contributed by atoms with Crippen LogP contribution in [0.2, 0.25) is 0 Å². The van der Waals surface area contributed by atoms with E-state index in [-0.39, 0.29) is 23.0 Å². The molecule has 0 fully saturated rings. The number of H-pyrrole nitrogens is 1. The summed E-state index contributed by atoms with van der Waals surface area (Å²) in [6, 6.07) is 2.61. The van der Waals surface area contributed by atoms with Crippen LogP contribution in [0, 0.1) is 10.1 Å². The van der Waals surface area contributed by atoms with Crippen LogP contribution in [0.5, 0.6) is 0 Å². The van der Waals surface area contributed by atoms with E-state index in [9.17, 15) is 19.7 Å². The van der Waals surface area contributed by atoms with Crippen LogP contribution in [0.25, 0.3) is 0 Å². The van der Waals surface area contributed by atoms with Gasteiger partial charge in [-0.05, 0) is 38.3 Å². The molecule has 1 aromatic carbocycles. The molecule has 0 unspecified atom stereocenters. The lowest BCUT2D eigenvalue weighted by Crippen LogP contribution is -2.19. The highest BCUT2D eigenvalue weighted by molar-refractivity contribution is 9.11. The van der Waals surface area contributed by atoms with Gasteiger partial charge in [-0.2, -0.15) is 0 Å². The summed E-state index contributed by atoms with van der Waals surface area (Å²) in [6.45, 7) is 2.45. The number of hydrogen-bond acceptors (Lipinski definition) is 6. The maximum atomic E-state index is 12.2. The molecule has 12 heteroatoms. The predicted molar refractivity (Wildman–Crippen MR) is 101 cm³/mol. The molecule has 2 rings (SSSR count). The average Bonchev–Trinajstić information content (AvgIpc) is 2.89. The number of halogens is 2. The summed E-state index contributed by atoms with van der Waals surface area (Å²) in [7, 11) is 0. The van der Waals surface area contributed by atoms with Crippen LogP contribution in [0.15, 0.2) is 31.0 Å². The fraction of sp³-hybridized carbons (Fsp3) is 0.308. The number of carbonyl (C=O) groups excluding carboxylic acids is 1. The van der Waals surface area contributed by atoms with Crippen LogP contribution >= 0.6 is 43.6 Å². The minimum atomic E-state index is -0.526. The average molecular weight is 495 g/mol. The van der Waals surface area contributed by atoms with Crippen molar-refractivity contribution in [1.82, 2.24) is 14.8 Å². The molecule has 0 atom stereocenters. The van der Waals surface area contributed by atoms with E-state index in [4.69, 9.17) is 0 Å². The zero-order valence-electron chi connectivity index (χ0n) is 12.9. The molecule has 0 aliphatic heterocycles. The molecule has 1 amide bonds. The molecule has 2 N–H and O–H groups in total. The van der Waals surface area contributed by atoms with Gasteiger partial charge in [0.05, 0.1) is 16.4 Å². The number of aromatic nitrogens is 3. The molecular formula is C13H13Br2N5O4S. The Bertz CT molecular complexity index is 843. The second-order valence-electron chi connectivity index (χ2n) is 4.84. The van der Waals surface area contributed by atoms with Gasteiger partial charge in [0.1, 0.15) is 0 Å². The van der Waals surface area contributed by atoms with Gasteiger partial charge in [0.2, 0.25) is 5.91 Å². The quantitative estimate of drug-likeness (QED) is 0.346. The number of nitrogens with one attached hydrogen (secondary N) is 2. The Morgan fingerprint density at radius 3 is 2.64 bits per heavy atom. The van der Waals surface area contributed by atoms with Crippen molar-refractivity contribution in [1.29, 1.82) is 0 Å². The number of nitrogens with zero attached hydrogens (tertiary/aromatic N) is 3. The summed E-state index contributed by atoms with van der Waals surface area (Å²) in [5.41, 5.74) is -0.0268. The summed E-state index contributed by atoms with van der Waals surface area (Å²) in [5, 5.41) is 20.2. The van der Waals surface area contributed by atoms with Crippen molar-refractivity contribution in [2.24, 2.45) is 0 Å². The third kappa shape index (κ3) is 4.92. The van der Waals surface area contributed by atoms with Crippen LogP contribution < -0.4 is 11.0 Å². The van der Waals surface area contributed by atoms with Gasteiger partial charge in [-0.25, -0.2) is 9.89 Å². The Kier molecular flexibility index (Phi) is 6.79. The van der Waals surface area contributed by atoms with Crippen molar-refractivity contribution in [3.63, 3.8) is 0 Å². The molecule has 0 bridgehead atoms. The lowest BCUT2D eigenvalue weighted by molar-refractivity contribution is -0.385. The zero-order chi connectivity index (χ0) is 18.6. The number of rotatable bonds is 7. The van der Waals surface area contributed by atoms with Crippen LogP contribution in [0.4, 0.5) is 11.4 Å². The molecule has 9 nitrogen and oxygen atoms in total. The summed E-state index contributed by atoms with van der Waals surface area (Å²) < 4.78 is 2.24. The molecule has 134 valence electrons. The lowest BCUT2D eigenvalue weighted by atomic mass is 10.3. The number of aromatic amines is 1. The van der Waals surface area contributed by atoms with Crippen molar-refractivity contribution in [2.45, 2.75) is 25.0 Å². The largest absolute Gasteiger partial charge is 0.343 e. The third-order valence-electron chi connectivity index (χ3n) is 3.00. The SMILES string of the molecule is CCCn1c(SCC(=O)Nc2c(Br)cc([N+](=O)[O-])cc2Br)n[nH]c1=O. The maximum absolute atomic E-state index is 12.2. The van der Waals surface area contributed by atoms with E-state index in [1.807, 2.05) is 6.92 Å². The number of nitro groups is 1. The van der Waals surface area contributed by atoms with E-state index in [1.165, 1.54) is 16.7 Å². The summed E-state index contributed by atoms with van der Waals surface area (Å²) >= 11 is 7.54. The maximum Gasteiger partial charge on any atom is 0.343 e. The fourth-order valence-electron chi connectivity index (χ4n) is 1.92. The summed E-state index contributed by atoms with van der Waals surface area (Å²) in [5.74, 6) is -0.303. The number of thioether (sulfide) groups is 1. The highest BCUT2D eigenvalue weighted by Gasteiger charge is 2.17. The number of anilines is 1. The van der Waals surface area contributed by atoms with E-state index in [0.29, 0.717) is 26.3 Å². The second kappa shape index (κ2) is 8.63. The van der Waals surface area contributed by atoms with Gasteiger partial charge in [-0.3, -0.25) is 19.5 Å². The molecule has 0 spiro atoms. The van der Waals surface area contributed by atoms with Gasteiger partial charge in [0, 0.05) is 27.6 Å². The van der Waals surface area contributed by atoms with Gasteiger partial charge in [-0.15, -0.1) is 5.10 Å². The minimum Gasteiger partial charge on any atom is -0.323 e. The Hall–Kier alpha value is -1.66. The van der Waals surface area contributed by atoms with Crippen LogP contribution in [0.3, 0.4) is 0 Å². The predicted octanol–water partition coefficient (Wildman–Crippen LogP) is 3.15. The van der Waals surface area contributed by atoms with Crippen LogP contribution in [0.1, 0.15) is 13.3 Å². The fourth-order valence-corrected chi connectivity index (χ4v) is 4.06. The number of nitro benzene ring substituents is 1. The number of non-ortho nitro benzene ring substituents is 1. The normalized spacial score (nSPS) is 10.7. The summed E-state index contributed by atoms with van der Waals surface area (Å²) in [6.07, 6.45) is 0.766. The molecule has 0 saturated heterocycles. The van der Waals surface area contributed by atoms with Gasteiger partial charge in [0.25, 0.3) is 5.69 Å². The first kappa shape index (κ1) is 19.7. The van der Waals surface area contributed by atoms with E-state index in [2.05, 4.69) is 47.4 Å². The Balaban J connectivity index is 2.06. The zero-order valence-corrected chi connectivity index (χ0v) is 16.9. The smallest absolute Gasteiger partial charge is 0.323 e. The van der Waals surface area contributed by atoms with Crippen molar-refractivity contribution in [2.75, 3.05) is 11.1 Å². The molecule has 0 aliphatic carbocycles. The molecule has 25 heavy (non-hydrogen) atoms. The number of amides is 1. The first-order valence-corrected chi connectivity index (χ1v) is 9.62. The standard InChI is InChI=1S/C13H13Br2N5O4S/c1-2-3-19-12(22)17-18-13(19)25-6-10(21)16-11-8(14)4-7(20(23)24)5-9(11)15/h4-5H,2-3,6H2,1H3,(H,16,21)(H,17,22). The minimum absolute atomic E-state index is 0.0316. The number of hydrogen-bond donors (Lipinski definition) is 2. The highest BCUT2D eigenvalue weighted by atomic mass is 79.9. The van der Waals surface area contributed by atoms with E-state index in [0.717, 1.165) is 18.2 Å². The Labute approximate surface area is 163 Å². The van der Waals surface area contributed by atoms with Crippen LogP contribution in [-0.2, 0) is 11.3 Å². The third-order valence-corrected chi connectivity index (χ3v) is 5.23. The first-order chi connectivity index (χ1) is 11.8. The van der Waals surface area contributed by atoms with Crippen molar-refractivity contribution >= 4 is 60.9 Å². The highest BCUT2D eigenvalue weighted by Crippen LogP contribution is 2.35. The van der Waals surface area contributed by atoms with Crippen LogP contribution in [-0.4, -0.2) is 31.3 Å². The Morgan fingerprint density at radius 1 is 1.44 bits per heavy atom. The van der Waals surface area contributed by atoms with Crippen molar-refractivity contribution in [3.05, 3.63) is 41.7 Å². The summed E-state index contributed by atoms with van der Waals surface area (Å²) in [4.78, 5) is 34.1. The molecule has 0 aliphatic rings. The van der Waals surface area contributed by atoms with E-state index >= 15 is 0 Å². The number of carbonyl (C=O) groups is 1. The molecular weight excluding hydrogens is 482 g/mol. The molecule has 1 aromatic heterocycles. The number of benzene rings is 1. The topological polar surface area (TPSA) is 123 Å². The Morgan fingerprint density at radius 2 is 2.08 bits per heavy atom. The monoisotopic (exact) mass is 493 g/mol. The van der Waals surface area contributed by atoms with Gasteiger partial charge in [0.15, 0.2) is 5.16 Å².